The van der Waals surface area contributed by atoms with Gasteiger partial charge in [-0.2, -0.15) is 0 Å². The zero-order valence-electron chi connectivity index (χ0n) is 16.8. The average molecular weight is 383 g/mol. The van der Waals surface area contributed by atoms with Gasteiger partial charge in [0.1, 0.15) is 0 Å². The molecule has 0 saturated carbocycles. The van der Waals surface area contributed by atoms with Crippen LogP contribution in [0, 0.1) is 0 Å². The number of allylic oxidation sites excluding steroid dienone is 1. The first kappa shape index (κ1) is 21.5. The highest BCUT2D eigenvalue weighted by molar-refractivity contribution is 5.77. The summed E-state index contributed by atoms with van der Waals surface area (Å²) in [5, 5.41) is 2.84. The molecule has 0 aliphatic rings. The summed E-state index contributed by atoms with van der Waals surface area (Å²) in [6.45, 7) is 5.05. The van der Waals surface area contributed by atoms with E-state index in [0.717, 1.165) is 17.5 Å². The number of methoxy groups -OCH3 is 1. The fourth-order valence-corrected chi connectivity index (χ4v) is 2.67. The Morgan fingerprint density at radius 2 is 1.93 bits per heavy atom. The van der Waals surface area contributed by atoms with Gasteiger partial charge in [0, 0.05) is 13.2 Å². The third-order valence-corrected chi connectivity index (χ3v) is 4.19. The SMILES string of the molecule is C/C=C/c1ccc(OCC(=O)NCCCOC(C)c2ccccc2)c(OC)c1. The Balaban J connectivity index is 1.66. The third kappa shape index (κ3) is 7.08. The lowest BCUT2D eigenvalue weighted by Gasteiger charge is -2.14. The van der Waals surface area contributed by atoms with Crippen molar-refractivity contribution in [1.82, 2.24) is 5.32 Å². The molecule has 1 unspecified atom stereocenters. The van der Waals surface area contributed by atoms with Gasteiger partial charge < -0.3 is 19.5 Å². The van der Waals surface area contributed by atoms with Gasteiger partial charge >= 0.3 is 0 Å². The lowest BCUT2D eigenvalue weighted by atomic mass is 10.1. The first-order valence-corrected chi connectivity index (χ1v) is 9.50. The van der Waals surface area contributed by atoms with Crippen molar-refractivity contribution in [3.63, 3.8) is 0 Å². The average Bonchev–Trinajstić information content (AvgIpc) is 2.73. The van der Waals surface area contributed by atoms with E-state index in [9.17, 15) is 4.79 Å². The Kier molecular flexibility index (Phi) is 9.08. The molecule has 1 atom stereocenters. The maximum Gasteiger partial charge on any atom is 0.257 e. The molecule has 0 bridgehead atoms. The molecular weight excluding hydrogens is 354 g/mol. The Bertz CT molecular complexity index is 758. The molecule has 0 radical (unpaired) electrons. The minimum Gasteiger partial charge on any atom is -0.493 e. The molecule has 28 heavy (non-hydrogen) atoms. The van der Waals surface area contributed by atoms with E-state index in [1.807, 2.05) is 68.5 Å². The van der Waals surface area contributed by atoms with Crippen LogP contribution in [0.25, 0.3) is 6.08 Å². The number of carbonyl (C=O) groups excluding carboxylic acids is 1. The second-order valence-corrected chi connectivity index (χ2v) is 6.33. The smallest absolute Gasteiger partial charge is 0.257 e. The van der Waals surface area contributed by atoms with Gasteiger partial charge in [0.15, 0.2) is 18.1 Å². The minimum atomic E-state index is -0.171. The summed E-state index contributed by atoms with van der Waals surface area (Å²) in [7, 11) is 1.58. The summed E-state index contributed by atoms with van der Waals surface area (Å²) in [6, 6.07) is 15.7. The predicted octanol–water partition coefficient (Wildman–Crippen LogP) is 4.39. The fourth-order valence-electron chi connectivity index (χ4n) is 2.67. The van der Waals surface area contributed by atoms with E-state index in [4.69, 9.17) is 14.2 Å². The van der Waals surface area contributed by atoms with Crippen LogP contribution in [0.1, 0.15) is 37.5 Å². The van der Waals surface area contributed by atoms with Gasteiger partial charge in [-0.3, -0.25) is 4.79 Å². The summed E-state index contributed by atoms with van der Waals surface area (Å²) in [6.07, 6.45) is 4.70. The van der Waals surface area contributed by atoms with Crippen LogP contribution in [0.15, 0.2) is 54.6 Å². The van der Waals surface area contributed by atoms with E-state index < -0.39 is 0 Å². The van der Waals surface area contributed by atoms with Gasteiger partial charge in [0.25, 0.3) is 5.91 Å². The van der Waals surface area contributed by atoms with Gasteiger partial charge in [-0.1, -0.05) is 48.6 Å². The minimum absolute atomic E-state index is 0.0400. The molecule has 150 valence electrons. The van der Waals surface area contributed by atoms with Crippen molar-refractivity contribution < 1.29 is 19.0 Å². The van der Waals surface area contributed by atoms with Crippen molar-refractivity contribution in [2.45, 2.75) is 26.4 Å². The summed E-state index contributed by atoms with van der Waals surface area (Å²) in [5.74, 6) is 0.980. The van der Waals surface area contributed by atoms with Crippen LogP contribution in [-0.4, -0.2) is 32.8 Å². The fraction of sp³-hybridized carbons (Fsp3) is 0.348. The zero-order valence-corrected chi connectivity index (χ0v) is 16.8. The van der Waals surface area contributed by atoms with Crippen molar-refractivity contribution in [1.29, 1.82) is 0 Å². The number of ether oxygens (including phenoxy) is 3. The van der Waals surface area contributed by atoms with E-state index >= 15 is 0 Å². The normalized spacial score (nSPS) is 12.0. The van der Waals surface area contributed by atoms with Crippen LogP contribution in [0.5, 0.6) is 11.5 Å². The van der Waals surface area contributed by atoms with E-state index in [1.165, 1.54) is 0 Å². The molecule has 2 aromatic rings. The van der Waals surface area contributed by atoms with Crippen LogP contribution < -0.4 is 14.8 Å². The second-order valence-electron chi connectivity index (χ2n) is 6.33. The molecule has 0 aliphatic carbocycles. The maximum absolute atomic E-state index is 12.0. The van der Waals surface area contributed by atoms with Crippen molar-refractivity contribution in [2.75, 3.05) is 26.9 Å². The van der Waals surface area contributed by atoms with Gasteiger partial charge in [0.2, 0.25) is 0 Å². The van der Waals surface area contributed by atoms with Gasteiger partial charge in [-0.25, -0.2) is 0 Å². The molecule has 0 heterocycles. The number of hydrogen-bond acceptors (Lipinski definition) is 4. The first-order valence-electron chi connectivity index (χ1n) is 9.50. The predicted molar refractivity (Wildman–Crippen MR) is 112 cm³/mol. The first-order chi connectivity index (χ1) is 13.6. The molecule has 2 rings (SSSR count). The topological polar surface area (TPSA) is 56.8 Å². The van der Waals surface area contributed by atoms with E-state index in [0.29, 0.717) is 24.7 Å². The molecule has 1 N–H and O–H groups in total. The van der Waals surface area contributed by atoms with Gasteiger partial charge in [-0.05, 0) is 43.5 Å². The van der Waals surface area contributed by atoms with Crippen LogP contribution >= 0.6 is 0 Å². The number of amides is 1. The maximum atomic E-state index is 12.0. The Morgan fingerprint density at radius 1 is 1.14 bits per heavy atom. The van der Waals surface area contributed by atoms with Crippen molar-refractivity contribution in [3.8, 4) is 11.5 Å². The highest BCUT2D eigenvalue weighted by Gasteiger charge is 2.08. The molecule has 0 aliphatic heterocycles. The standard InChI is InChI=1S/C23H29NO4/c1-4-9-19-12-13-21(22(16-19)26-3)28-17-23(25)24-14-8-15-27-18(2)20-10-6-5-7-11-20/h4-7,9-13,16,18H,8,14-15,17H2,1-3H3,(H,24,25)/b9-4+. The molecule has 0 aromatic heterocycles. The van der Waals surface area contributed by atoms with Crippen molar-refractivity contribution >= 4 is 12.0 Å². The number of hydrogen-bond donors (Lipinski definition) is 1. The van der Waals surface area contributed by atoms with Crippen LogP contribution in [0.3, 0.4) is 0 Å². The van der Waals surface area contributed by atoms with Crippen LogP contribution in [0.2, 0.25) is 0 Å². The third-order valence-electron chi connectivity index (χ3n) is 4.19. The molecule has 0 spiro atoms. The van der Waals surface area contributed by atoms with E-state index in [1.54, 1.807) is 13.2 Å². The molecule has 5 heteroatoms. The molecule has 5 nitrogen and oxygen atoms in total. The quantitative estimate of drug-likeness (QED) is 0.585. The number of benzene rings is 2. The molecule has 1 amide bonds. The highest BCUT2D eigenvalue weighted by Crippen LogP contribution is 2.28. The van der Waals surface area contributed by atoms with E-state index in [2.05, 4.69) is 5.32 Å². The summed E-state index contributed by atoms with van der Waals surface area (Å²) in [5.41, 5.74) is 2.16. The van der Waals surface area contributed by atoms with Crippen molar-refractivity contribution in [2.24, 2.45) is 0 Å². The Labute approximate surface area is 167 Å². The van der Waals surface area contributed by atoms with Gasteiger partial charge in [-0.15, -0.1) is 0 Å². The largest absolute Gasteiger partial charge is 0.493 e. The van der Waals surface area contributed by atoms with Crippen LogP contribution in [-0.2, 0) is 9.53 Å². The highest BCUT2D eigenvalue weighted by atomic mass is 16.5. The van der Waals surface area contributed by atoms with Gasteiger partial charge in [0.05, 0.1) is 13.2 Å². The summed E-state index contributed by atoms with van der Waals surface area (Å²) < 4.78 is 16.7. The molecule has 0 saturated heterocycles. The number of carbonyl (C=O) groups is 1. The Morgan fingerprint density at radius 3 is 2.64 bits per heavy atom. The monoisotopic (exact) mass is 383 g/mol. The second kappa shape index (κ2) is 11.8. The Hall–Kier alpha value is -2.79. The molecule has 2 aromatic carbocycles. The zero-order chi connectivity index (χ0) is 20.2. The number of rotatable bonds is 11. The van der Waals surface area contributed by atoms with Crippen LogP contribution in [0.4, 0.5) is 0 Å². The number of nitrogens with one attached hydrogen (secondary N) is 1. The van der Waals surface area contributed by atoms with Crippen molar-refractivity contribution in [3.05, 3.63) is 65.7 Å². The molecular formula is C23H29NO4. The lowest BCUT2D eigenvalue weighted by molar-refractivity contribution is -0.123. The molecule has 0 fully saturated rings. The summed E-state index contributed by atoms with van der Waals surface area (Å²) >= 11 is 0. The summed E-state index contributed by atoms with van der Waals surface area (Å²) in [4.78, 5) is 12.0. The lowest BCUT2D eigenvalue weighted by Crippen LogP contribution is -2.30. The van der Waals surface area contributed by atoms with E-state index in [-0.39, 0.29) is 18.6 Å².